The zero-order valence-electron chi connectivity index (χ0n) is 14.0. The van der Waals surface area contributed by atoms with E-state index >= 15 is 0 Å². The minimum atomic E-state index is -0.183. The second kappa shape index (κ2) is 8.17. The molecular formula is C17H23ClN4O2. The van der Waals surface area contributed by atoms with Crippen LogP contribution in [0.25, 0.3) is 0 Å². The summed E-state index contributed by atoms with van der Waals surface area (Å²) in [7, 11) is 0. The number of carbonyl (C=O) groups excluding carboxylic acids is 1. The first-order valence-corrected chi connectivity index (χ1v) is 7.97. The number of rotatable bonds is 4. The summed E-state index contributed by atoms with van der Waals surface area (Å²) in [5.41, 5.74) is 4.29. The fourth-order valence-electron chi connectivity index (χ4n) is 2.77. The molecular weight excluding hydrogens is 328 g/mol. The van der Waals surface area contributed by atoms with Gasteiger partial charge in [-0.25, -0.2) is 0 Å². The first-order valence-electron chi connectivity index (χ1n) is 7.97. The van der Waals surface area contributed by atoms with E-state index in [1.165, 1.54) is 0 Å². The number of hydrogen-bond donors (Lipinski definition) is 2. The molecule has 1 aliphatic heterocycles. The lowest BCUT2D eigenvalue weighted by Crippen LogP contribution is -2.36. The van der Waals surface area contributed by atoms with Gasteiger partial charge in [0.25, 0.3) is 5.91 Å². The highest BCUT2D eigenvalue weighted by molar-refractivity contribution is 6.04. The molecule has 130 valence electrons. The van der Waals surface area contributed by atoms with Crippen molar-refractivity contribution in [3.05, 3.63) is 41.2 Å². The number of aromatic nitrogens is 2. The number of carbonyl (C=O) groups is 1. The fourth-order valence-corrected chi connectivity index (χ4v) is 2.77. The number of H-pyrrole nitrogens is 1. The highest BCUT2D eigenvalue weighted by Crippen LogP contribution is 2.20. The van der Waals surface area contributed by atoms with E-state index < -0.39 is 0 Å². The molecule has 0 bridgehead atoms. The van der Waals surface area contributed by atoms with Crippen molar-refractivity contribution in [1.82, 2.24) is 10.2 Å². The minimum absolute atomic E-state index is 0. The van der Waals surface area contributed by atoms with Gasteiger partial charge in [0.2, 0.25) is 0 Å². The van der Waals surface area contributed by atoms with E-state index in [2.05, 4.69) is 20.4 Å². The Morgan fingerprint density at radius 1 is 1.29 bits per heavy atom. The largest absolute Gasteiger partial charge is 0.378 e. The Balaban J connectivity index is 0.00000208. The molecule has 1 aromatic carbocycles. The molecule has 0 aliphatic carbocycles. The summed E-state index contributed by atoms with van der Waals surface area (Å²) in [6.45, 7) is 7.27. The summed E-state index contributed by atoms with van der Waals surface area (Å²) >= 11 is 0. The standard InChI is InChI=1S/C17H22N4O2.ClH/c1-3-15-12(2)16(20-19-15)17(22)18-13-4-6-14(7-5-13)21-8-10-23-11-9-21;/h4-7H,3,8-11H2,1-2H3,(H,18,22)(H,19,20);1H. The lowest BCUT2D eigenvalue weighted by Gasteiger charge is -2.28. The van der Waals surface area contributed by atoms with Crippen molar-refractivity contribution in [1.29, 1.82) is 0 Å². The van der Waals surface area contributed by atoms with Gasteiger partial charge >= 0.3 is 0 Å². The second-order valence-electron chi connectivity index (χ2n) is 5.63. The highest BCUT2D eigenvalue weighted by Gasteiger charge is 2.16. The zero-order valence-corrected chi connectivity index (χ0v) is 14.8. The molecule has 1 amide bonds. The van der Waals surface area contributed by atoms with Crippen LogP contribution in [-0.2, 0) is 11.2 Å². The number of halogens is 1. The summed E-state index contributed by atoms with van der Waals surface area (Å²) in [5.74, 6) is -0.183. The van der Waals surface area contributed by atoms with Crippen LogP contribution < -0.4 is 10.2 Å². The minimum Gasteiger partial charge on any atom is -0.378 e. The van der Waals surface area contributed by atoms with Crippen molar-refractivity contribution in [2.24, 2.45) is 0 Å². The molecule has 1 aromatic heterocycles. The Labute approximate surface area is 148 Å². The van der Waals surface area contributed by atoms with Crippen molar-refractivity contribution < 1.29 is 9.53 Å². The fraction of sp³-hybridized carbons (Fsp3) is 0.412. The molecule has 3 rings (SSSR count). The summed E-state index contributed by atoms with van der Waals surface area (Å²) in [4.78, 5) is 14.6. The van der Waals surface area contributed by atoms with E-state index in [1.807, 2.05) is 38.1 Å². The maximum Gasteiger partial charge on any atom is 0.276 e. The number of ether oxygens (including phenoxy) is 1. The number of morpholine rings is 1. The maximum absolute atomic E-state index is 12.3. The van der Waals surface area contributed by atoms with Crippen LogP contribution in [0.1, 0.15) is 28.7 Å². The molecule has 1 saturated heterocycles. The predicted octanol–water partition coefficient (Wildman–Crippen LogP) is 2.79. The smallest absolute Gasteiger partial charge is 0.276 e. The topological polar surface area (TPSA) is 70.2 Å². The molecule has 0 unspecified atom stereocenters. The summed E-state index contributed by atoms with van der Waals surface area (Å²) < 4.78 is 5.36. The quantitative estimate of drug-likeness (QED) is 0.889. The van der Waals surface area contributed by atoms with E-state index in [0.717, 1.165) is 55.4 Å². The first-order chi connectivity index (χ1) is 11.2. The van der Waals surface area contributed by atoms with Gasteiger partial charge < -0.3 is 15.0 Å². The first kappa shape index (κ1) is 18.3. The number of nitrogens with one attached hydrogen (secondary N) is 2. The van der Waals surface area contributed by atoms with Crippen LogP contribution >= 0.6 is 12.4 Å². The molecule has 24 heavy (non-hydrogen) atoms. The zero-order chi connectivity index (χ0) is 16.2. The molecule has 2 aromatic rings. The van der Waals surface area contributed by atoms with Crippen LogP contribution in [0.5, 0.6) is 0 Å². The van der Waals surface area contributed by atoms with Gasteiger partial charge in [-0.05, 0) is 37.6 Å². The molecule has 2 N–H and O–H groups in total. The van der Waals surface area contributed by atoms with Crippen molar-refractivity contribution in [2.45, 2.75) is 20.3 Å². The molecule has 0 saturated carbocycles. The SMILES string of the molecule is CCc1[nH]nc(C(=O)Nc2ccc(N3CCOCC3)cc2)c1C.Cl. The number of anilines is 2. The van der Waals surface area contributed by atoms with E-state index in [4.69, 9.17) is 4.74 Å². The number of hydrogen-bond acceptors (Lipinski definition) is 4. The molecule has 0 radical (unpaired) electrons. The van der Waals surface area contributed by atoms with Crippen molar-refractivity contribution in [3.63, 3.8) is 0 Å². The van der Waals surface area contributed by atoms with E-state index in [1.54, 1.807) is 0 Å². The molecule has 2 heterocycles. The van der Waals surface area contributed by atoms with Gasteiger partial charge in [-0.15, -0.1) is 12.4 Å². The Kier molecular flexibility index (Phi) is 6.23. The van der Waals surface area contributed by atoms with Crippen LogP contribution in [0, 0.1) is 6.92 Å². The lowest BCUT2D eigenvalue weighted by atomic mass is 10.1. The Hall–Kier alpha value is -2.05. The molecule has 1 aliphatic rings. The molecule has 7 heteroatoms. The monoisotopic (exact) mass is 350 g/mol. The molecule has 0 spiro atoms. The van der Waals surface area contributed by atoms with Crippen LogP contribution in [0.3, 0.4) is 0 Å². The molecule has 0 atom stereocenters. The number of aromatic amines is 1. The number of benzene rings is 1. The summed E-state index contributed by atoms with van der Waals surface area (Å²) in [6, 6.07) is 7.89. The van der Waals surface area contributed by atoms with Gasteiger partial charge in [-0.2, -0.15) is 5.10 Å². The third-order valence-electron chi connectivity index (χ3n) is 4.18. The molecule has 1 fully saturated rings. The van der Waals surface area contributed by atoms with Gasteiger partial charge in [0.05, 0.1) is 13.2 Å². The average Bonchev–Trinajstić information content (AvgIpc) is 2.97. The maximum atomic E-state index is 12.3. The van der Waals surface area contributed by atoms with Crippen LogP contribution in [0.4, 0.5) is 11.4 Å². The second-order valence-corrected chi connectivity index (χ2v) is 5.63. The number of amides is 1. The van der Waals surface area contributed by atoms with Crippen LogP contribution in [0.2, 0.25) is 0 Å². The molecule has 6 nitrogen and oxygen atoms in total. The third kappa shape index (κ3) is 3.88. The lowest BCUT2D eigenvalue weighted by molar-refractivity contribution is 0.102. The Bertz CT molecular complexity index is 678. The predicted molar refractivity (Wildman–Crippen MR) is 97.4 cm³/mol. The van der Waals surface area contributed by atoms with Gasteiger partial charge in [-0.1, -0.05) is 6.92 Å². The van der Waals surface area contributed by atoms with Crippen molar-refractivity contribution in [3.8, 4) is 0 Å². The number of aryl methyl sites for hydroxylation is 1. The van der Waals surface area contributed by atoms with Gasteiger partial charge in [0, 0.05) is 35.7 Å². The highest BCUT2D eigenvalue weighted by atomic mass is 35.5. The summed E-state index contributed by atoms with van der Waals surface area (Å²) in [6.07, 6.45) is 0.834. The van der Waals surface area contributed by atoms with Gasteiger partial charge in [-0.3, -0.25) is 9.89 Å². The van der Waals surface area contributed by atoms with E-state index in [9.17, 15) is 4.79 Å². The van der Waals surface area contributed by atoms with Crippen molar-refractivity contribution in [2.75, 3.05) is 36.5 Å². The van der Waals surface area contributed by atoms with Gasteiger partial charge in [0.1, 0.15) is 0 Å². The van der Waals surface area contributed by atoms with Gasteiger partial charge in [0.15, 0.2) is 5.69 Å². The van der Waals surface area contributed by atoms with E-state index in [-0.39, 0.29) is 18.3 Å². The summed E-state index contributed by atoms with van der Waals surface area (Å²) in [5, 5.41) is 9.93. The average molecular weight is 351 g/mol. The van der Waals surface area contributed by atoms with Crippen LogP contribution in [0.15, 0.2) is 24.3 Å². The van der Waals surface area contributed by atoms with Crippen LogP contribution in [-0.4, -0.2) is 42.4 Å². The van der Waals surface area contributed by atoms with E-state index in [0.29, 0.717) is 5.69 Å². The number of nitrogens with zero attached hydrogens (tertiary/aromatic N) is 2. The third-order valence-corrected chi connectivity index (χ3v) is 4.18. The normalized spacial score (nSPS) is 14.2. The Morgan fingerprint density at radius 3 is 2.54 bits per heavy atom. The van der Waals surface area contributed by atoms with Crippen molar-refractivity contribution >= 4 is 29.7 Å². The Morgan fingerprint density at radius 2 is 1.96 bits per heavy atom.